The number of aryl methyl sites for hydroxylation is 5. The van der Waals surface area contributed by atoms with Crippen LogP contribution < -0.4 is 0 Å². The van der Waals surface area contributed by atoms with Crippen LogP contribution in [0, 0.1) is 62.3 Å². The van der Waals surface area contributed by atoms with Crippen LogP contribution in [0.4, 0.5) is 0 Å². The first-order chi connectivity index (χ1) is 12.9. The molecule has 0 unspecified atom stereocenters. The molecule has 0 spiro atoms. The molecule has 3 rings (SSSR count). The van der Waals surface area contributed by atoms with Gasteiger partial charge >= 0.3 is 0 Å². The van der Waals surface area contributed by atoms with E-state index in [-0.39, 0.29) is 0 Å². The highest BCUT2D eigenvalue weighted by atomic mass is 14.3. The maximum atomic E-state index is 2.35. The van der Waals surface area contributed by atoms with Gasteiger partial charge in [-0.3, -0.25) is 0 Å². The minimum atomic E-state index is 1.40. The van der Waals surface area contributed by atoms with Crippen molar-refractivity contribution >= 4 is 27.1 Å². The summed E-state index contributed by atoms with van der Waals surface area (Å²) >= 11 is 0. The van der Waals surface area contributed by atoms with Crippen molar-refractivity contribution < 1.29 is 0 Å². The second-order valence-electron chi connectivity index (χ2n) is 9.12. The quantitative estimate of drug-likeness (QED) is 0.375. The van der Waals surface area contributed by atoms with Crippen molar-refractivity contribution in [2.24, 2.45) is 0 Å². The third-order valence-corrected chi connectivity index (χ3v) is 7.69. The van der Waals surface area contributed by atoms with Crippen LogP contribution in [-0.2, 0) is 0 Å². The third kappa shape index (κ3) is 2.57. The minimum Gasteiger partial charge on any atom is -0.0729 e. The number of rotatable bonds is 1. The molecule has 0 aliphatic heterocycles. The van der Waals surface area contributed by atoms with Crippen LogP contribution in [0.2, 0.25) is 0 Å². The van der Waals surface area contributed by atoms with E-state index in [0.29, 0.717) is 0 Å². The molecule has 0 heteroatoms. The Bertz CT molecular complexity index is 1190. The normalized spacial score (nSPS) is 11.6. The lowest BCUT2D eigenvalue weighted by Gasteiger charge is -2.26. The topological polar surface area (TPSA) is 0 Å². The summed E-state index contributed by atoms with van der Waals surface area (Å²) in [6, 6.07) is 0. The van der Waals surface area contributed by atoms with Gasteiger partial charge in [0.15, 0.2) is 0 Å². The molecule has 28 heavy (non-hydrogen) atoms. The molecule has 0 fully saturated rings. The van der Waals surface area contributed by atoms with E-state index < -0.39 is 0 Å². The van der Waals surface area contributed by atoms with Gasteiger partial charge in [0.25, 0.3) is 0 Å². The number of allylic oxidation sites excluding steroid dienone is 2. The van der Waals surface area contributed by atoms with Crippen LogP contribution in [-0.4, -0.2) is 0 Å². The average molecular weight is 373 g/mol. The van der Waals surface area contributed by atoms with Crippen molar-refractivity contribution in [2.45, 2.75) is 83.1 Å². The Hall–Kier alpha value is -2.08. The molecule has 3 aromatic carbocycles. The van der Waals surface area contributed by atoms with E-state index in [1.165, 1.54) is 88.3 Å². The fourth-order valence-corrected chi connectivity index (χ4v) is 5.22. The highest BCUT2D eigenvalue weighted by Gasteiger charge is 2.22. The van der Waals surface area contributed by atoms with Crippen LogP contribution in [0.25, 0.3) is 27.1 Å². The Morgan fingerprint density at radius 3 is 1.07 bits per heavy atom. The lowest BCUT2D eigenvalue weighted by molar-refractivity contribution is 1.23. The smallest absolute Gasteiger partial charge is 0.00648 e. The molecule has 0 bridgehead atoms. The maximum Gasteiger partial charge on any atom is -0.00648 e. The second-order valence-corrected chi connectivity index (χ2v) is 9.12. The summed E-state index contributed by atoms with van der Waals surface area (Å²) in [7, 11) is 0. The molecule has 0 aliphatic rings. The molecule has 0 N–H and O–H groups in total. The summed E-state index contributed by atoms with van der Waals surface area (Å²) in [5, 5.41) is 5.87. The van der Waals surface area contributed by atoms with Crippen LogP contribution >= 0.6 is 0 Å². The van der Waals surface area contributed by atoms with Gasteiger partial charge in [-0.15, -0.1) is 0 Å². The summed E-state index contributed by atoms with van der Waals surface area (Å²) in [5.74, 6) is 0. The van der Waals surface area contributed by atoms with E-state index in [2.05, 4.69) is 83.1 Å². The van der Waals surface area contributed by atoms with Crippen LogP contribution in [0.3, 0.4) is 0 Å². The largest absolute Gasteiger partial charge is 0.0729 e. The predicted molar refractivity (Wildman–Crippen MR) is 128 cm³/mol. The Morgan fingerprint density at radius 1 is 0.357 bits per heavy atom. The molecular formula is C28H36. The third-order valence-electron chi connectivity index (χ3n) is 7.69. The van der Waals surface area contributed by atoms with Gasteiger partial charge in [0.1, 0.15) is 0 Å². The van der Waals surface area contributed by atoms with Gasteiger partial charge in [-0.05, 0) is 166 Å². The Morgan fingerprint density at radius 2 is 0.679 bits per heavy atom. The first-order valence-corrected chi connectivity index (χ1v) is 10.5. The highest BCUT2D eigenvalue weighted by Crippen LogP contribution is 2.44. The van der Waals surface area contributed by atoms with Gasteiger partial charge in [0, 0.05) is 0 Å². The van der Waals surface area contributed by atoms with Crippen molar-refractivity contribution in [3.05, 3.63) is 61.2 Å². The fourth-order valence-electron chi connectivity index (χ4n) is 5.22. The lowest BCUT2D eigenvalue weighted by Crippen LogP contribution is -2.04. The van der Waals surface area contributed by atoms with Gasteiger partial charge in [-0.25, -0.2) is 0 Å². The Labute approximate surface area is 171 Å². The number of benzene rings is 3. The molecule has 0 aliphatic carbocycles. The summed E-state index contributed by atoms with van der Waals surface area (Å²) in [6.45, 7) is 27.6. The van der Waals surface area contributed by atoms with Gasteiger partial charge in [-0.1, -0.05) is 5.57 Å². The van der Waals surface area contributed by atoms with Crippen molar-refractivity contribution in [1.82, 2.24) is 0 Å². The zero-order valence-corrected chi connectivity index (χ0v) is 20.0. The molecular weight excluding hydrogens is 336 g/mol. The first-order valence-electron chi connectivity index (χ1n) is 10.5. The molecule has 0 heterocycles. The van der Waals surface area contributed by atoms with Crippen LogP contribution in [0.5, 0.6) is 0 Å². The van der Waals surface area contributed by atoms with E-state index in [1.807, 2.05) is 0 Å². The van der Waals surface area contributed by atoms with Crippen molar-refractivity contribution in [1.29, 1.82) is 0 Å². The molecule has 148 valence electrons. The van der Waals surface area contributed by atoms with Crippen molar-refractivity contribution in [2.75, 3.05) is 0 Å². The summed E-state index contributed by atoms with van der Waals surface area (Å²) in [6.07, 6.45) is 0. The van der Waals surface area contributed by atoms with Crippen molar-refractivity contribution in [3.63, 3.8) is 0 Å². The monoisotopic (exact) mass is 372 g/mol. The predicted octanol–water partition coefficient (Wildman–Crippen LogP) is 8.58. The van der Waals surface area contributed by atoms with Crippen molar-refractivity contribution in [3.8, 4) is 0 Å². The number of hydrogen-bond acceptors (Lipinski definition) is 0. The Balaban J connectivity index is 2.85. The molecule has 0 saturated carbocycles. The fraction of sp³-hybridized carbons (Fsp3) is 0.429. The number of hydrogen-bond donors (Lipinski definition) is 0. The van der Waals surface area contributed by atoms with E-state index in [9.17, 15) is 0 Å². The second kappa shape index (κ2) is 6.76. The SMILES string of the molecule is CC(C)=C(C)c1c(C)c(C)c(C)c2c(C)c3c(C)c(C)c(C)c(C)c3c(C)c12. The van der Waals surface area contributed by atoms with E-state index in [0.717, 1.165) is 0 Å². The highest BCUT2D eigenvalue weighted by molar-refractivity contribution is 6.13. The maximum absolute atomic E-state index is 2.35. The van der Waals surface area contributed by atoms with E-state index in [1.54, 1.807) is 0 Å². The van der Waals surface area contributed by atoms with Gasteiger partial charge < -0.3 is 0 Å². The van der Waals surface area contributed by atoms with Crippen LogP contribution in [0.15, 0.2) is 5.57 Å². The zero-order valence-electron chi connectivity index (χ0n) is 20.0. The molecule has 0 radical (unpaired) electrons. The molecule has 0 atom stereocenters. The number of fused-ring (bicyclic) bond motifs is 2. The summed E-state index contributed by atoms with van der Waals surface area (Å²) in [5.41, 5.74) is 17.2. The summed E-state index contributed by atoms with van der Waals surface area (Å²) in [4.78, 5) is 0. The first kappa shape index (κ1) is 20.6. The van der Waals surface area contributed by atoms with E-state index in [4.69, 9.17) is 0 Å². The van der Waals surface area contributed by atoms with Gasteiger partial charge in [0.2, 0.25) is 0 Å². The standard InChI is InChI=1S/C28H36/c1-13(2)14(3)24-20(9)17(6)21(10)27-22(11)25-18(7)15(4)16(5)19(8)26(25)23(12)28(24)27/h1-12H3. The Kier molecular flexibility index (Phi) is 4.99. The molecule has 0 aromatic heterocycles. The zero-order chi connectivity index (χ0) is 21.2. The molecule has 0 nitrogen and oxygen atoms in total. The average Bonchev–Trinajstić information content (AvgIpc) is 2.64. The minimum absolute atomic E-state index is 1.40. The van der Waals surface area contributed by atoms with E-state index >= 15 is 0 Å². The molecule has 0 amide bonds. The molecule has 3 aromatic rings. The molecule has 0 saturated heterocycles. The summed E-state index contributed by atoms with van der Waals surface area (Å²) < 4.78 is 0. The van der Waals surface area contributed by atoms with Gasteiger partial charge in [-0.2, -0.15) is 0 Å². The lowest BCUT2D eigenvalue weighted by atomic mass is 9.78. The van der Waals surface area contributed by atoms with Crippen LogP contribution in [0.1, 0.15) is 76.4 Å². The van der Waals surface area contributed by atoms with Gasteiger partial charge in [0.05, 0.1) is 0 Å².